The lowest BCUT2D eigenvalue weighted by molar-refractivity contribution is -0.127. The molecule has 30 heavy (non-hydrogen) atoms. The van der Waals surface area contributed by atoms with Crippen LogP contribution in [-0.2, 0) is 11.3 Å². The molecule has 4 rings (SSSR count). The number of rotatable bonds is 5. The van der Waals surface area contributed by atoms with Gasteiger partial charge in [0, 0.05) is 24.1 Å². The Bertz CT molecular complexity index is 859. The van der Waals surface area contributed by atoms with E-state index in [9.17, 15) is 4.79 Å². The number of nitrogens with one attached hydrogen (secondary N) is 1. The average molecular weight is 410 g/mol. The largest absolute Gasteiger partial charge is 0.441 e. The minimum Gasteiger partial charge on any atom is -0.441 e. The zero-order chi connectivity index (χ0) is 21.1. The fourth-order valence-corrected chi connectivity index (χ4v) is 4.79. The second kappa shape index (κ2) is 9.34. The van der Waals surface area contributed by atoms with Crippen LogP contribution in [0.2, 0.25) is 0 Å². The van der Waals surface area contributed by atoms with Crippen molar-refractivity contribution in [2.75, 3.05) is 13.1 Å². The van der Waals surface area contributed by atoms with E-state index in [1.54, 1.807) is 0 Å². The minimum atomic E-state index is 0.154. The summed E-state index contributed by atoms with van der Waals surface area (Å²) in [7, 11) is 0. The first-order valence-electron chi connectivity index (χ1n) is 11.5. The van der Waals surface area contributed by atoms with Crippen molar-refractivity contribution in [3.05, 3.63) is 41.3 Å². The van der Waals surface area contributed by atoms with E-state index in [0.29, 0.717) is 11.9 Å². The fourth-order valence-electron chi connectivity index (χ4n) is 4.79. The number of piperidine rings is 1. The molecule has 1 saturated heterocycles. The van der Waals surface area contributed by atoms with Gasteiger partial charge in [-0.1, -0.05) is 25.1 Å². The number of oxazole rings is 1. The number of aryl methyl sites for hydroxylation is 2. The number of nitrogens with zero attached hydrogens (tertiary/aromatic N) is 2. The predicted octanol–water partition coefficient (Wildman–Crippen LogP) is 4.87. The van der Waals surface area contributed by atoms with Crippen molar-refractivity contribution in [2.24, 2.45) is 11.8 Å². The fraction of sp³-hybridized carbons (Fsp3) is 0.600. The summed E-state index contributed by atoms with van der Waals surface area (Å²) in [5.41, 5.74) is 3.23. The topological polar surface area (TPSA) is 58.4 Å². The zero-order valence-corrected chi connectivity index (χ0v) is 18.6. The zero-order valence-electron chi connectivity index (χ0n) is 18.6. The standard InChI is InChI=1S/C25H35N3O2/c1-17-8-10-21(11-9-17)26-24(29)20-12-14-28(15-13-20)16-23-19(3)30-25(27-23)22-7-5-4-6-18(22)2/h4-7,17,20-21H,8-16H2,1-3H3,(H,26,29). The maximum absolute atomic E-state index is 12.7. The predicted molar refractivity (Wildman–Crippen MR) is 119 cm³/mol. The summed E-state index contributed by atoms with van der Waals surface area (Å²) >= 11 is 0. The lowest BCUT2D eigenvalue weighted by Crippen LogP contribution is -2.44. The molecule has 1 aromatic carbocycles. The van der Waals surface area contributed by atoms with Gasteiger partial charge in [0.15, 0.2) is 0 Å². The molecule has 0 bridgehead atoms. The van der Waals surface area contributed by atoms with Crippen molar-refractivity contribution in [3.8, 4) is 11.5 Å². The Morgan fingerprint density at radius 3 is 2.50 bits per heavy atom. The van der Waals surface area contributed by atoms with Gasteiger partial charge in [-0.15, -0.1) is 0 Å². The molecule has 1 aliphatic heterocycles. The van der Waals surface area contributed by atoms with Crippen LogP contribution in [-0.4, -0.2) is 34.9 Å². The molecule has 1 saturated carbocycles. The summed E-state index contributed by atoms with van der Waals surface area (Å²) in [6, 6.07) is 8.58. The van der Waals surface area contributed by atoms with E-state index in [0.717, 1.165) is 68.3 Å². The van der Waals surface area contributed by atoms with Crippen molar-refractivity contribution < 1.29 is 9.21 Å². The second-order valence-electron chi connectivity index (χ2n) is 9.35. The smallest absolute Gasteiger partial charge is 0.226 e. The van der Waals surface area contributed by atoms with Crippen LogP contribution < -0.4 is 5.32 Å². The van der Waals surface area contributed by atoms with Crippen LogP contribution in [0.3, 0.4) is 0 Å². The third-order valence-corrected chi connectivity index (χ3v) is 6.96. The molecule has 5 nitrogen and oxygen atoms in total. The van der Waals surface area contributed by atoms with Gasteiger partial charge in [0.1, 0.15) is 5.76 Å². The molecule has 2 fully saturated rings. The van der Waals surface area contributed by atoms with E-state index in [1.807, 2.05) is 19.1 Å². The molecule has 1 N–H and O–H groups in total. The van der Waals surface area contributed by atoms with Crippen LogP contribution in [0.5, 0.6) is 0 Å². The molecular weight excluding hydrogens is 374 g/mol. The van der Waals surface area contributed by atoms with E-state index in [1.165, 1.54) is 18.4 Å². The Balaban J connectivity index is 1.29. The van der Waals surface area contributed by atoms with E-state index >= 15 is 0 Å². The van der Waals surface area contributed by atoms with Gasteiger partial charge >= 0.3 is 0 Å². The number of benzene rings is 1. The van der Waals surface area contributed by atoms with Crippen molar-refractivity contribution >= 4 is 5.91 Å². The number of amides is 1. The maximum Gasteiger partial charge on any atom is 0.226 e. The second-order valence-corrected chi connectivity index (χ2v) is 9.35. The Labute approximate surface area is 180 Å². The molecule has 1 amide bonds. The third kappa shape index (κ3) is 4.94. The van der Waals surface area contributed by atoms with E-state index in [4.69, 9.17) is 9.40 Å². The highest BCUT2D eigenvalue weighted by atomic mass is 16.4. The number of likely N-dealkylation sites (tertiary alicyclic amines) is 1. The van der Waals surface area contributed by atoms with Gasteiger partial charge in [-0.3, -0.25) is 9.69 Å². The van der Waals surface area contributed by atoms with Gasteiger partial charge in [-0.05, 0) is 83.0 Å². The van der Waals surface area contributed by atoms with Crippen LogP contribution in [0.25, 0.3) is 11.5 Å². The molecule has 0 radical (unpaired) electrons. The van der Waals surface area contributed by atoms with Crippen LogP contribution in [0.4, 0.5) is 0 Å². The highest BCUT2D eigenvalue weighted by Gasteiger charge is 2.28. The highest BCUT2D eigenvalue weighted by molar-refractivity contribution is 5.79. The Morgan fingerprint density at radius 2 is 1.80 bits per heavy atom. The molecule has 1 aliphatic carbocycles. The van der Waals surface area contributed by atoms with Gasteiger partial charge in [-0.2, -0.15) is 0 Å². The molecule has 0 unspecified atom stereocenters. The first-order chi connectivity index (χ1) is 14.5. The van der Waals surface area contributed by atoms with Crippen molar-refractivity contribution in [1.82, 2.24) is 15.2 Å². The molecule has 0 atom stereocenters. The molecule has 2 aromatic rings. The first kappa shape index (κ1) is 21.1. The van der Waals surface area contributed by atoms with Gasteiger partial charge in [-0.25, -0.2) is 4.98 Å². The quantitative estimate of drug-likeness (QED) is 0.766. The highest BCUT2D eigenvalue weighted by Crippen LogP contribution is 2.27. The molecule has 1 aromatic heterocycles. The average Bonchev–Trinajstić information content (AvgIpc) is 3.10. The Hall–Kier alpha value is -2.14. The monoisotopic (exact) mass is 409 g/mol. The maximum atomic E-state index is 12.7. The van der Waals surface area contributed by atoms with Crippen LogP contribution in [0.15, 0.2) is 28.7 Å². The number of hydrogen-bond acceptors (Lipinski definition) is 4. The molecule has 0 spiro atoms. The lowest BCUT2D eigenvalue weighted by atomic mass is 9.86. The molecule has 2 aliphatic rings. The number of carbonyl (C=O) groups is 1. The summed E-state index contributed by atoms with van der Waals surface area (Å²) in [6.45, 7) is 9.05. The van der Waals surface area contributed by atoms with Crippen LogP contribution >= 0.6 is 0 Å². The summed E-state index contributed by atoms with van der Waals surface area (Å²) in [5, 5.41) is 3.32. The van der Waals surface area contributed by atoms with Crippen molar-refractivity contribution in [2.45, 2.75) is 71.9 Å². The first-order valence-corrected chi connectivity index (χ1v) is 11.5. The molecule has 5 heteroatoms. The number of carbonyl (C=O) groups excluding carboxylic acids is 1. The third-order valence-electron chi connectivity index (χ3n) is 6.96. The number of aromatic nitrogens is 1. The molecular formula is C25H35N3O2. The number of hydrogen-bond donors (Lipinski definition) is 1. The van der Waals surface area contributed by atoms with Gasteiger partial charge in [0.2, 0.25) is 11.8 Å². The van der Waals surface area contributed by atoms with Gasteiger partial charge < -0.3 is 9.73 Å². The summed E-state index contributed by atoms with van der Waals surface area (Å²) in [6.07, 6.45) is 6.61. The molecule has 162 valence electrons. The van der Waals surface area contributed by atoms with Gasteiger partial charge in [0.05, 0.1) is 5.69 Å². The minimum absolute atomic E-state index is 0.154. The van der Waals surface area contributed by atoms with E-state index < -0.39 is 0 Å². The van der Waals surface area contributed by atoms with E-state index in [-0.39, 0.29) is 11.8 Å². The lowest BCUT2D eigenvalue weighted by Gasteiger charge is -2.33. The SMILES string of the molecule is Cc1ccccc1-c1nc(CN2CCC(C(=O)NC3CCC(C)CC3)CC2)c(C)o1. The molecule has 2 heterocycles. The summed E-state index contributed by atoms with van der Waals surface area (Å²) < 4.78 is 5.97. The Kier molecular flexibility index (Phi) is 6.57. The Morgan fingerprint density at radius 1 is 1.10 bits per heavy atom. The summed E-state index contributed by atoms with van der Waals surface area (Å²) in [4.78, 5) is 19.9. The van der Waals surface area contributed by atoms with E-state index in [2.05, 4.69) is 36.2 Å². The summed E-state index contributed by atoms with van der Waals surface area (Å²) in [5.74, 6) is 2.83. The van der Waals surface area contributed by atoms with Gasteiger partial charge in [0.25, 0.3) is 0 Å². The van der Waals surface area contributed by atoms with Crippen molar-refractivity contribution in [1.29, 1.82) is 0 Å². The normalized spacial score (nSPS) is 23.4. The van der Waals surface area contributed by atoms with Crippen molar-refractivity contribution in [3.63, 3.8) is 0 Å². The van der Waals surface area contributed by atoms with Crippen LogP contribution in [0.1, 0.15) is 62.5 Å². The van der Waals surface area contributed by atoms with Crippen LogP contribution in [0, 0.1) is 25.7 Å².